The monoisotopic (exact) mass is 256 g/mol. The minimum Gasteiger partial charge on any atom is -0.480 e. The Morgan fingerprint density at radius 2 is 1.89 bits per heavy atom. The molecule has 0 aliphatic carbocycles. The first-order chi connectivity index (χ1) is 8.42. The number of hydrogen-bond donors (Lipinski definition) is 3. The van der Waals surface area contributed by atoms with Crippen LogP contribution in [0, 0.1) is 5.92 Å². The van der Waals surface area contributed by atoms with E-state index in [0.717, 1.165) is 6.42 Å². The van der Waals surface area contributed by atoms with Crippen LogP contribution in [-0.4, -0.2) is 36.1 Å². The zero-order valence-electron chi connectivity index (χ0n) is 11.6. The Morgan fingerprint density at radius 1 is 1.28 bits per heavy atom. The number of carbonyl (C=O) groups excluding carboxylic acids is 1. The van der Waals surface area contributed by atoms with Crippen molar-refractivity contribution in [1.29, 1.82) is 0 Å². The summed E-state index contributed by atoms with van der Waals surface area (Å²) in [5, 5.41) is 14.5. The number of aliphatic carboxylic acids is 1. The second kappa shape index (κ2) is 8.69. The van der Waals surface area contributed by atoms with Gasteiger partial charge in [-0.2, -0.15) is 0 Å². The van der Waals surface area contributed by atoms with Crippen LogP contribution in [0.1, 0.15) is 33.6 Å². The second-order valence-electron chi connectivity index (χ2n) is 4.44. The van der Waals surface area contributed by atoms with Crippen molar-refractivity contribution in [2.75, 3.05) is 7.05 Å². The molecule has 0 aliphatic rings. The van der Waals surface area contributed by atoms with E-state index < -0.39 is 12.0 Å². The fraction of sp³-hybridized carbons (Fsp3) is 0.692. The Labute approximate surface area is 109 Å². The molecule has 0 fully saturated rings. The fourth-order valence-corrected chi connectivity index (χ4v) is 1.37. The molecule has 0 bridgehead atoms. The Morgan fingerprint density at radius 3 is 2.33 bits per heavy atom. The van der Waals surface area contributed by atoms with Gasteiger partial charge in [0.15, 0.2) is 0 Å². The van der Waals surface area contributed by atoms with Crippen LogP contribution in [0.25, 0.3) is 0 Å². The minimum absolute atomic E-state index is 0.186. The van der Waals surface area contributed by atoms with Crippen LogP contribution < -0.4 is 10.6 Å². The zero-order valence-corrected chi connectivity index (χ0v) is 11.6. The largest absolute Gasteiger partial charge is 0.480 e. The standard InChI is InChI=1S/C13H24N2O3/c1-5-6-11(13(17)18)15-12(16)9(2)7-8-10(3)14-4/h7-11,14H,5-6H2,1-4H3,(H,15,16)(H,17,18)/b8-7+/t9-,10+,11?/m1/s1. The van der Waals surface area contributed by atoms with Crippen LogP contribution in [0.4, 0.5) is 0 Å². The molecule has 0 heterocycles. The molecule has 18 heavy (non-hydrogen) atoms. The molecule has 5 heteroatoms. The summed E-state index contributed by atoms with van der Waals surface area (Å²) in [6, 6.07) is -0.605. The molecule has 0 spiro atoms. The van der Waals surface area contributed by atoms with Crippen molar-refractivity contribution < 1.29 is 14.7 Å². The first-order valence-corrected chi connectivity index (χ1v) is 6.31. The van der Waals surface area contributed by atoms with Crippen molar-refractivity contribution in [1.82, 2.24) is 10.6 Å². The molecule has 0 radical (unpaired) electrons. The number of likely N-dealkylation sites (N-methyl/N-ethyl adjacent to an activating group) is 1. The zero-order chi connectivity index (χ0) is 14.1. The van der Waals surface area contributed by atoms with Gasteiger partial charge in [0.1, 0.15) is 6.04 Å². The van der Waals surface area contributed by atoms with Gasteiger partial charge in [-0.1, -0.05) is 32.4 Å². The van der Waals surface area contributed by atoms with E-state index in [-0.39, 0.29) is 17.9 Å². The molecule has 0 saturated heterocycles. The van der Waals surface area contributed by atoms with Crippen molar-refractivity contribution in [3.05, 3.63) is 12.2 Å². The van der Waals surface area contributed by atoms with Gasteiger partial charge in [0.2, 0.25) is 5.91 Å². The fourth-order valence-electron chi connectivity index (χ4n) is 1.37. The lowest BCUT2D eigenvalue weighted by Gasteiger charge is -2.15. The van der Waals surface area contributed by atoms with Gasteiger partial charge in [-0.3, -0.25) is 4.79 Å². The predicted molar refractivity (Wildman–Crippen MR) is 71.3 cm³/mol. The Balaban J connectivity index is 4.37. The molecular weight excluding hydrogens is 232 g/mol. The molecule has 3 atom stereocenters. The van der Waals surface area contributed by atoms with Crippen molar-refractivity contribution >= 4 is 11.9 Å². The second-order valence-corrected chi connectivity index (χ2v) is 4.44. The number of carboxylic acids is 1. The summed E-state index contributed by atoms with van der Waals surface area (Å²) in [6.07, 6.45) is 4.84. The van der Waals surface area contributed by atoms with Crippen LogP contribution in [0.5, 0.6) is 0 Å². The molecule has 0 rings (SSSR count). The summed E-state index contributed by atoms with van der Waals surface area (Å²) in [5.74, 6) is -1.57. The third kappa shape index (κ3) is 6.39. The summed E-state index contributed by atoms with van der Waals surface area (Å²) in [6.45, 7) is 5.61. The molecule has 0 aromatic heterocycles. The van der Waals surface area contributed by atoms with E-state index >= 15 is 0 Å². The topological polar surface area (TPSA) is 78.4 Å². The average Bonchev–Trinajstić information content (AvgIpc) is 2.34. The molecule has 0 aromatic rings. The molecular formula is C13H24N2O3. The molecule has 0 aliphatic heterocycles. The lowest BCUT2D eigenvalue weighted by Crippen LogP contribution is -2.42. The number of carbonyl (C=O) groups is 2. The summed E-state index contributed by atoms with van der Waals surface area (Å²) in [4.78, 5) is 22.7. The Kier molecular flexibility index (Phi) is 8.03. The van der Waals surface area contributed by atoms with E-state index in [2.05, 4.69) is 10.6 Å². The van der Waals surface area contributed by atoms with E-state index in [1.165, 1.54) is 0 Å². The normalized spacial score (nSPS) is 16.2. The molecule has 1 unspecified atom stereocenters. The molecule has 1 amide bonds. The number of amides is 1. The van der Waals surface area contributed by atoms with Crippen molar-refractivity contribution in [3.63, 3.8) is 0 Å². The highest BCUT2D eigenvalue weighted by atomic mass is 16.4. The molecule has 104 valence electrons. The highest BCUT2D eigenvalue weighted by Crippen LogP contribution is 2.03. The van der Waals surface area contributed by atoms with Gasteiger partial charge in [-0.05, 0) is 20.4 Å². The average molecular weight is 256 g/mol. The third-order valence-electron chi connectivity index (χ3n) is 2.75. The van der Waals surface area contributed by atoms with E-state index in [0.29, 0.717) is 6.42 Å². The quantitative estimate of drug-likeness (QED) is 0.569. The first kappa shape index (κ1) is 16.6. The highest BCUT2D eigenvalue weighted by Gasteiger charge is 2.20. The maximum absolute atomic E-state index is 11.8. The van der Waals surface area contributed by atoms with E-state index in [4.69, 9.17) is 5.11 Å². The van der Waals surface area contributed by atoms with Gasteiger partial charge >= 0.3 is 5.97 Å². The highest BCUT2D eigenvalue weighted by molar-refractivity contribution is 5.85. The smallest absolute Gasteiger partial charge is 0.326 e. The molecule has 0 saturated carbocycles. The van der Waals surface area contributed by atoms with Crippen LogP contribution in [-0.2, 0) is 9.59 Å². The van der Waals surface area contributed by atoms with Crippen molar-refractivity contribution in [2.24, 2.45) is 5.92 Å². The SMILES string of the molecule is CCCC(NC(=O)[C@H](C)/C=C/[C@H](C)NC)C(=O)O. The maximum Gasteiger partial charge on any atom is 0.326 e. The minimum atomic E-state index is -0.982. The van der Waals surface area contributed by atoms with Crippen LogP contribution >= 0.6 is 0 Å². The van der Waals surface area contributed by atoms with Crippen LogP contribution in [0.3, 0.4) is 0 Å². The number of rotatable bonds is 8. The predicted octanol–water partition coefficient (Wildman–Crippen LogP) is 1.16. The van der Waals surface area contributed by atoms with Gasteiger partial charge in [0.05, 0.1) is 5.92 Å². The van der Waals surface area contributed by atoms with E-state index in [1.54, 1.807) is 13.0 Å². The van der Waals surface area contributed by atoms with E-state index in [9.17, 15) is 9.59 Å². The summed E-state index contributed by atoms with van der Waals surface area (Å²) in [7, 11) is 1.83. The summed E-state index contributed by atoms with van der Waals surface area (Å²) in [5.41, 5.74) is 0. The lowest BCUT2D eigenvalue weighted by molar-refractivity contribution is -0.142. The van der Waals surface area contributed by atoms with Gasteiger partial charge in [0.25, 0.3) is 0 Å². The van der Waals surface area contributed by atoms with Gasteiger partial charge in [-0.25, -0.2) is 4.79 Å². The van der Waals surface area contributed by atoms with Crippen LogP contribution in [0.15, 0.2) is 12.2 Å². The summed E-state index contributed by atoms with van der Waals surface area (Å²) < 4.78 is 0. The first-order valence-electron chi connectivity index (χ1n) is 6.31. The van der Waals surface area contributed by atoms with Gasteiger partial charge < -0.3 is 15.7 Å². The Bertz CT molecular complexity index is 303. The van der Waals surface area contributed by atoms with E-state index in [1.807, 2.05) is 27.0 Å². The number of hydrogen-bond acceptors (Lipinski definition) is 3. The summed E-state index contributed by atoms with van der Waals surface area (Å²) >= 11 is 0. The van der Waals surface area contributed by atoms with Crippen LogP contribution in [0.2, 0.25) is 0 Å². The van der Waals surface area contributed by atoms with Crippen molar-refractivity contribution in [3.8, 4) is 0 Å². The van der Waals surface area contributed by atoms with Gasteiger partial charge in [-0.15, -0.1) is 0 Å². The van der Waals surface area contributed by atoms with Crippen molar-refractivity contribution in [2.45, 2.75) is 45.7 Å². The maximum atomic E-state index is 11.8. The lowest BCUT2D eigenvalue weighted by atomic mass is 10.1. The number of nitrogens with one attached hydrogen (secondary N) is 2. The molecule has 0 aromatic carbocycles. The third-order valence-corrected chi connectivity index (χ3v) is 2.75. The van der Waals surface area contributed by atoms with Gasteiger partial charge in [0, 0.05) is 6.04 Å². The number of carboxylic acid groups (broad SMARTS) is 1. The molecule has 3 N–H and O–H groups in total. The molecule has 5 nitrogen and oxygen atoms in total. The Hall–Kier alpha value is -1.36.